The average Bonchev–Trinajstić information content (AvgIpc) is 3.19. The van der Waals surface area contributed by atoms with Crippen LogP contribution in [0.15, 0.2) is 54.4 Å². The molecule has 29 heavy (non-hydrogen) atoms. The van der Waals surface area contributed by atoms with Gasteiger partial charge in [-0.05, 0) is 42.3 Å². The van der Waals surface area contributed by atoms with Crippen molar-refractivity contribution < 1.29 is 23.1 Å². The maximum Gasteiger partial charge on any atom is 0.295 e. The summed E-state index contributed by atoms with van der Waals surface area (Å²) in [6.07, 6.45) is 3.30. The van der Waals surface area contributed by atoms with Crippen molar-refractivity contribution in [2.24, 2.45) is 0 Å². The number of aliphatic hydroxyl groups excluding tert-OH is 1. The molecule has 2 saturated heterocycles. The molecule has 2 fully saturated rings. The summed E-state index contributed by atoms with van der Waals surface area (Å²) in [6, 6.07) is 8.01. The summed E-state index contributed by atoms with van der Waals surface area (Å²) in [4.78, 5) is 31.1. The molecule has 0 saturated carbocycles. The minimum Gasteiger partial charge on any atom is -0.507 e. The molecule has 1 aromatic heterocycles. The maximum absolute atomic E-state index is 12.9. The molecule has 3 heterocycles. The highest BCUT2D eigenvalue weighted by atomic mass is 35.5. The third-order valence-electron chi connectivity index (χ3n) is 5.20. The number of pyridine rings is 1. The average molecular weight is 433 g/mol. The monoisotopic (exact) mass is 432 g/mol. The smallest absolute Gasteiger partial charge is 0.295 e. The normalized spacial score (nSPS) is 25.5. The molecule has 9 heteroatoms. The molecule has 2 aromatic rings. The van der Waals surface area contributed by atoms with E-state index < -0.39 is 33.6 Å². The Morgan fingerprint density at radius 2 is 1.90 bits per heavy atom. The van der Waals surface area contributed by atoms with E-state index in [2.05, 4.69) is 4.98 Å². The summed E-state index contributed by atoms with van der Waals surface area (Å²) >= 11 is 5.90. The van der Waals surface area contributed by atoms with E-state index in [-0.39, 0.29) is 29.3 Å². The number of Topliss-reactive ketones (excluding diaryl/α,β-unsaturated/α-hetero) is 1. The number of carbonyl (C=O) groups excluding carboxylic acids is 2. The van der Waals surface area contributed by atoms with Crippen molar-refractivity contribution in [1.82, 2.24) is 9.88 Å². The number of hydrogen-bond donors (Lipinski definition) is 1. The summed E-state index contributed by atoms with van der Waals surface area (Å²) in [5, 5.41) is 11.4. The molecule has 0 aliphatic carbocycles. The van der Waals surface area contributed by atoms with Crippen LogP contribution in [0.1, 0.15) is 23.6 Å². The largest absolute Gasteiger partial charge is 0.507 e. The van der Waals surface area contributed by atoms with Gasteiger partial charge in [0.25, 0.3) is 11.7 Å². The lowest BCUT2D eigenvalue weighted by atomic mass is 9.96. The van der Waals surface area contributed by atoms with Crippen molar-refractivity contribution in [3.63, 3.8) is 0 Å². The number of aliphatic hydroxyl groups is 1. The Morgan fingerprint density at radius 1 is 1.17 bits per heavy atom. The molecule has 0 bridgehead atoms. The number of aromatic nitrogens is 1. The van der Waals surface area contributed by atoms with Gasteiger partial charge in [-0.15, -0.1) is 0 Å². The second-order valence-electron chi connectivity index (χ2n) is 7.06. The van der Waals surface area contributed by atoms with Crippen molar-refractivity contribution in [3.8, 4) is 0 Å². The molecule has 2 aliphatic rings. The van der Waals surface area contributed by atoms with Gasteiger partial charge in [-0.25, -0.2) is 8.42 Å². The van der Waals surface area contributed by atoms with Crippen LogP contribution in [0.2, 0.25) is 5.02 Å². The van der Waals surface area contributed by atoms with Gasteiger partial charge in [0.1, 0.15) is 5.76 Å². The fourth-order valence-corrected chi connectivity index (χ4v) is 5.69. The quantitative estimate of drug-likeness (QED) is 0.453. The van der Waals surface area contributed by atoms with E-state index in [4.69, 9.17) is 11.6 Å². The number of sulfone groups is 1. The van der Waals surface area contributed by atoms with Gasteiger partial charge in [-0.1, -0.05) is 17.7 Å². The van der Waals surface area contributed by atoms with E-state index in [0.717, 1.165) is 0 Å². The minimum atomic E-state index is -3.29. The first-order valence-electron chi connectivity index (χ1n) is 8.95. The molecule has 4 rings (SSSR count). The lowest BCUT2D eigenvalue weighted by Gasteiger charge is -2.29. The number of benzene rings is 1. The predicted molar refractivity (Wildman–Crippen MR) is 107 cm³/mol. The zero-order valence-electron chi connectivity index (χ0n) is 15.2. The highest BCUT2D eigenvalue weighted by Gasteiger charge is 2.51. The molecule has 2 aliphatic heterocycles. The van der Waals surface area contributed by atoms with Crippen molar-refractivity contribution in [3.05, 3.63) is 70.5 Å². The summed E-state index contributed by atoms with van der Waals surface area (Å²) in [5.41, 5.74) is 0.765. The molecular weight excluding hydrogens is 416 g/mol. The first-order valence-corrected chi connectivity index (χ1v) is 11.1. The second-order valence-corrected chi connectivity index (χ2v) is 9.72. The molecule has 1 amide bonds. The molecule has 0 spiro atoms. The molecule has 0 radical (unpaired) electrons. The number of halogens is 1. The molecule has 2 atom stereocenters. The Hall–Kier alpha value is -2.71. The zero-order valence-corrected chi connectivity index (χ0v) is 16.7. The number of ketones is 1. The van der Waals surface area contributed by atoms with Gasteiger partial charge in [-0.3, -0.25) is 14.6 Å². The number of likely N-dealkylation sites (tertiary alicyclic amines) is 1. The molecule has 2 unspecified atom stereocenters. The van der Waals surface area contributed by atoms with Gasteiger partial charge < -0.3 is 10.0 Å². The predicted octanol–water partition coefficient (Wildman–Crippen LogP) is 2.34. The fraction of sp³-hybridized carbons (Fsp3) is 0.250. The van der Waals surface area contributed by atoms with E-state index in [1.165, 1.54) is 11.1 Å². The van der Waals surface area contributed by atoms with Gasteiger partial charge in [-0.2, -0.15) is 0 Å². The van der Waals surface area contributed by atoms with Crippen LogP contribution >= 0.6 is 11.6 Å². The summed E-state index contributed by atoms with van der Waals surface area (Å²) in [6.45, 7) is 0. The van der Waals surface area contributed by atoms with E-state index >= 15 is 0 Å². The Balaban J connectivity index is 1.88. The zero-order chi connectivity index (χ0) is 20.8. The summed E-state index contributed by atoms with van der Waals surface area (Å²) < 4.78 is 24.0. The van der Waals surface area contributed by atoms with Gasteiger partial charge in [0.05, 0.1) is 23.1 Å². The third kappa shape index (κ3) is 3.54. The lowest BCUT2D eigenvalue weighted by Crippen LogP contribution is -2.40. The number of nitrogens with zero attached hydrogens (tertiary/aromatic N) is 2. The molecule has 150 valence electrons. The van der Waals surface area contributed by atoms with Gasteiger partial charge in [0.15, 0.2) is 9.84 Å². The minimum absolute atomic E-state index is 0.0440. The van der Waals surface area contributed by atoms with Crippen LogP contribution in [0.3, 0.4) is 0 Å². The van der Waals surface area contributed by atoms with E-state index in [0.29, 0.717) is 16.1 Å². The fourth-order valence-electron chi connectivity index (χ4n) is 3.85. The first kappa shape index (κ1) is 19.6. The van der Waals surface area contributed by atoms with Crippen LogP contribution in [-0.2, 0) is 19.4 Å². The van der Waals surface area contributed by atoms with Crippen molar-refractivity contribution in [2.45, 2.75) is 18.5 Å². The van der Waals surface area contributed by atoms with Crippen LogP contribution in [0.5, 0.6) is 0 Å². The summed E-state index contributed by atoms with van der Waals surface area (Å²) in [7, 11) is -3.29. The number of amides is 1. The first-order chi connectivity index (χ1) is 13.8. The van der Waals surface area contributed by atoms with Crippen LogP contribution < -0.4 is 0 Å². The van der Waals surface area contributed by atoms with Crippen LogP contribution in [0.4, 0.5) is 0 Å². The van der Waals surface area contributed by atoms with Crippen LogP contribution in [-0.4, -0.2) is 52.6 Å². The molecule has 7 nitrogen and oxygen atoms in total. The Kier molecular flexibility index (Phi) is 4.92. The molecular formula is C20H17ClN2O5S. The van der Waals surface area contributed by atoms with Crippen molar-refractivity contribution in [1.29, 1.82) is 0 Å². The highest BCUT2D eigenvalue weighted by Crippen LogP contribution is 2.42. The van der Waals surface area contributed by atoms with E-state index in [1.54, 1.807) is 42.6 Å². The van der Waals surface area contributed by atoms with Crippen molar-refractivity contribution in [2.75, 3.05) is 11.5 Å². The third-order valence-corrected chi connectivity index (χ3v) is 7.20. The highest BCUT2D eigenvalue weighted by molar-refractivity contribution is 7.91. The second kappa shape index (κ2) is 7.27. The lowest BCUT2D eigenvalue weighted by molar-refractivity contribution is -0.141. The van der Waals surface area contributed by atoms with Crippen LogP contribution in [0.25, 0.3) is 5.76 Å². The molecule has 1 N–H and O–H groups in total. The Bertz CT molecular complexity index is 1110. The van der Waals surface area contributed by atoms with Gasteiger partial charge in [0, 0.05) is 29.0 Å². The topological polar surface area (TPSA) is 105 Å². The number of hydrogen-bond acceptors (Lipinski definition) is 6. The van der Waals surface area contributed by atoms with Crippen LogP contribution in [0, 0.1) is 0 Å². The van der Waals surface area contributed by atoms with E-state index in [1.807, 2.05) is 0 Å². The Morgan fingerprint density at radius 3 is 2.48 bits per heavy atom. The van der Waals surface area contributed by atoms with Gasteiger partial charge in [0.2, 0.25) is 0 Å². The summed E-state index contributed by atoms with van der Waals surface area (Å²) in [5.74, 6) is -2.26. The molecule has 1 aromatic carbocycles. The SMILES string of the molecule is O=C1C(=O)N(C2CCS(=O)(=O)C2)C(c2cccnc2)/C1=C(/O)c1ccc(Cl)cc1. The number of carbonyl (C=O) groups is 2. The maximum atomic E-state index is 12.9. The Labute approximate surface area is 172 Å². The van der Waals surface area contributed by atoms with Gasteiger partial charge >= 0.3 is 0 Å². The standard InChI is InChI=1S/C20H17ClN2O5S/c21-14-5-3-12(4-6-14)18(24)16-17(13-2-1-8-22-10-13)23(20(26)19(16)25)15-7-9-29(27,28)11-15/h1-6,8,10,15,17,24H,7,9,11H2/b18-16-. The number of rotatable bonds is 3. The van der Waals surface area contributed by atoms with E-state index in [9.17, 15) is 23.1 Å². The van der Waals surface area contributed by atoms with Crippen molar-refractivity contribution >= 4 is 38.9 Å².